The van der Waals surface area contributed by atoms with Gasteiger partial charge in [0.2, 0.25) is 11.9 Å². The minimum atomic E-state index is -0.886. The molecule has 34 heavy (non-hydrogen) atoms. The summed E-state index contributed by atoms with van der Waals surface area (Å²) in [6, 6.07) is 10.1. The summed E-state index contributed by atoms with van der Waals surface area (Å²) in [6.07, 6.45) is 3.35. The molecule has 1 aliphatic rings. The van der Waals surface area contributed by atoms with E-state index in [4.69, 9.17) is 34.5 Å². The zero-order valence-electron chi connectivity index (χ0n) is 18.8. The molecule has 182 valence electrons. The highest BCUT2D eigenvalue weighted by Gasteiger charge is 2.36. The summed E-state index contributed by atoms with van der Waals surface area (Å²) in [4.78, 5) is 38.2. The number of benzene rings is 1. The third-order valence-corrected chi connectivity index (χ3v) is 6.30. The number of aromatic nitrogens is 2. The SMILES string of the molecule is NCC(=O)N(CC1(CCc2ccccc2)CCNCC1)C(N)=NC(=O)c1nc(Cl)c(N)nc1N. The van der Waals surface area contributed by atoms with Crippen molar-refractivity contribution in [2.24, 2.45) is 21.9 Å². The van der Waals surface area contributed by atoms with E-state index in [1.54, 1.807) is 0 Å². The molecule has 1 fully saturated rings. The lowest BCUT2D eigenvalue weighted by Gasteiger charge is -2.41. The molecule has 0 unspecified atom stereocenters. The molecule has 1 saturated heterocycles. The van der Waals surface area contributed by atoms with Crippen LogP contribution in [-0.4, -0.2) is 58.8 Å². The van der Waals surface area contributed by atoms with Crippen LogP contribution in [0.25, 0.3) is 0 Å². The van der Waals surface area contributed by atoms with Crippen molar-refractivity contribution in [3.8, 4) is 0 Å². The van der Waals surface area contributed by atoms with Gasteiger partial charge < -0.3 is 28.3 Å². The topological polar surface area (TPSA) is 192 Å². The second kappa shape index (κ2) is 11.2. The third-order valence-electron chi connectivity index (χ3n) is 6.02. The number of hydrogen-bond donors (Lipinski definition) is 5. The lowest BCUT2D eigenvalue weighted by Crippen LogP contribution is -2.52. The molecule has 9 N–H and O–H groups in total. The third kappa shape index (κ3) is 6.19. The van der Waals surface area contributed by atoms with E-state index in [9.17, 15) is 9.59 Å². The predicted octanol–water partition coefficient (Wildman–Crippen LogP) is 0.539. The molecular formula is C22H30ClN9O2. The fourth-order valence-electron chi connectivity index (χ4n) is 4.06. The quantitative estimate of drug-likeness (QED) is 0.273. The van der Waals surface area contributed by atoms with Crippen molar-refractivity contribution in [1.82, 2.24) is 20.2 Å². The predicted molar refractivity (Wildman–Crippen MR) is 132 cm³/mol. The van der Waals surface area contributed by atoms with Crippen LogP contribution in [-0.2, 0) is 11.2 Å². The van der Waals surface area contributed by atoms with Crippen LogP contribution in [0, 0.1) is 5.41 Å². The van der Waals surface area contributed by atoms with Gasteiger partial charge >= 0.3 is 5.91 Å². The van der Waals surface area contributed by atoms with Crippen molar-refractivity contribution in [3.63, 3.8) is 0 Å². The number of nitrogens with two attached hydrogens (primary N) is 4. The first-order valence-corrected chi connectivity index (χ1v) is 11.3. The molecule has 2 amide bonds. The average molecular weight is 488 g/mol. The smallest absolute Gasteiger partial charge is 0.302 e. The highest BCUT2D eigenvalue weighted by Crippen LogP contribution is 2.35. The number of nitrogens with one attached hydrogen (secondary N) is 1. The number of hydrogen-bond acceptors (Lipinski definition) is 8. The Balaban J connectivity index is 1.86. The molecule has 12 heteroatoms. The molecule has 1 aromatic heterocycles. The Bertz CT molecular complexity index is 1060. The van der Waals surface area contributed by atoms with Gasteiger partial charge in [-0.1, -0.05) is 41.9 Å². The lowest BCUT2D eigenvalue weighted by molar-refractivity contribution is -0.127. The molecule has 2 aromatic rings. The summed E-state index contributed by atoms with van der Waals surface area (Å²) >= 11 is 5.86. The minimum Gasteiger partial charge on any atom is -0.382 e. The fourth-order valence-corrected chi connectivity index (χ4v) is 4.18. The maximum Gasteiger partial charge on any atom is 0.302 e. The Morgan fingerprint density at radius 3 is 2.44 bits per heavy atom. The molecule has 3 rings (SSSR count). The number of piperidine rings is 1. The maximum atomic E-state index is 12.8. The average Bonchev–Trinajstić information content (AvgIpc) is 2.84. The number of aryl methyl sites for hydroxylation is 1. The standard InChI is InChI=1S/C22H30ClN9O2/c23-17-19(26)30-18(25)16(29-17)20(34)31-21(27)32(15(33)12-24)13-22(8-10-28-11-9-22)7-6-14-4-2-1-3-5-14/h1-5,28H,6-13,24H2,(H4,25,26,30)(H2,27,31,34). The van der Waals surface area contributed by atoms with Gasteiger partial charge in [0.15, 0.2) is 22.5 Å². The van der Waals surface area contributed by atoms with Crippen LogP contribution in [0.15, 0.2) is 35.3 Å². The van der Waals surface area contributed by atoms with Gasteiger partial charge in [-0.2, -0.15) is 4.99 Å². The van der Waals surface area contributed by atoms with Gasteiger partial charge in [-0.05, 0) is 49.8 Å². The molecule has 0 aliphatic carbocycles. The van der Waals surface area contributed by atoms with Gasteiger partial charge in [0.1, 0.15) is 0 Å². The second-order valence-electron chi connectivity index (χ2n) is 8.33. The number of rotatable bonds is 7. The van der Waals surface area contributed by atoms with Crippen LogP contribution < -0.4 is 28.3 Å². The molecule has 11 nitrogen and oxygen atoms in total. The van der Waals surface area contributed by atoms with E-state index < -0.39 is 11.8 Å². The van der Waals surface area contributed by atoms with Gasteiger partial charge in [-0.3, -0.25) is 14.5 Å². The summed E-state index contributed by atoms with van der Waals surface area (Å²) in [5.41, 5.74) is 23.8. The van der Waals surface area contributed by atoms with E-state index in [1.807, 2.05) is 18.2 Å². The Hall–Kier alpha value is -3.28. The van der Waals surface area contributed by atoms with Crippen molar-refractivity contribution in [1.29, 1.82) is 0 Å². The zero-order chi connectivity index (χ0) is 24.7. The number of carbonyl (C=O) groups is 2. The van der Waals surface area contributed by atoms with Crippen LogP contribution in [0.4, 0.5) is 11.6 Å². The van der Waals surface area contributed by atoms with Crippen LogP contribution >= 0.6 is 11.6 Å². The molecule has 0 radical (unpaired) electrons. The number of halogens is 1. The first-order chi connectivity index (χ1) is 16.2. The Morgan fingerprint density at radius 1 is 1.12 bits per heavy atom. The number of guanidine groups is 1. The Kier molecular flexibility index (Phi) is 8.37. The van der Waals surface area contributed by atoms with E-state index in [-0.39, 0.29) is 46.9 Å². The Labute approximate surface area is 202 Å². The van der Waals surface area contributed by atoms with E-state index in [2.05, 4.69) is 32.4 Å². The van der Waals surface area contributed by atoms with E-state index in [0.717, 1.165) is 38.8 Å². The summed E-state index contributed by atoms with van der Waals surface area (Å²) in [7, 11) is 0. The van der Waals surface area contributed by atoms with Crippen LogP contribution in [0.5, 0.6) is 0 Å². The van der Waals surface area contributed by atoms with E-state index in [1.165, 1.54) is 10.5 Å². The van der Waals surface area contributed by atoms with E-state index >= 15 is 0 Å². The molecule has 0 spiro atoms. The summed E-state index contributed by atoms with van der Waals surface area (Å²) in [6.45, 7) is 1.62. The number of nitrogen functional groups attached to an aromatic ring is 2. The molecule has 0 saturated carbocycles. The highest BCUT2D eigenvalue weighted by molar-refractivity contribution is 6.31. The first-order valence-electron chi connectivity index (χ1n) is 11.0. The maximum absolute atomic E-state index is 12.8. The summed E-state index contributed by atoms with van der Waals surface area (Å²) in [5, 5.41) is 3.17. The fraction of sp³-hybridized carbons (Fsp3) is 0.409. The highest BCUT2D eigenvalue weighted by atomic mass is 35.5. The lowest BCUT2D eigenvalue weighted by atomic mass is 9.74. The molecule has 1 aromatic carbocycles. The van der Waals surface area contributed by atoms with Crippen molar-refractivity contribution in [2.75, 3.05) is 37.6 Å². The molecule has 1 aliphatic heterocycles. The Morgan fingerprint density at radius 2 is 1.79 bits per heavy atom. The van der Waals surface area contributed by atoms with Gasteiger partial charge in [-0.15, -0.1) is 0 Å². The van der Waals surface area contributed by atoms with Crippen molar-refractivity contribution < 1.29 is 9.59 Å². The largest absolute Gasteiger partial charge is 0.382 e. The summed E-state index contributed by atoms with van der Waals surface area (Å²) < 4.78 is 0. The normalized spacial score (nSPS) is 15.6. The van der Waals surface area contributed by atoms with Gasteiger partial charge in [0.05, 0.1) is 6.54 Å². The number of anilines is 2. The van der Waals surface area contributed by atoms with E-state index in [0.29, 0.717) is 0 Å². The van der Waals surface area contributed by atoms with Crippen LogP contribution in [0.2, 0.25) is 5.15 Å². The number of amides is 2. The molecule has 2 heterocycles. The van der Waals surface area contributed by atoms with Crippen LogP contribution in [0.1, 0.15) is 35.3 Å². The number of nitrogens with zero attached hydrogens (tertiary/aromatic N) is 4. The molecule has 0 atom stereocenters. The van der Waals surface area contributed by atoms with Gasteiger partial charge in [0, 0.05) is 6.54 Å². The molecule has 0 bridgehead atoms. The minimum absolute atomic E-state index is 0.112. The van der Waals surface area contributed by atoms with Gasteiger partial charge in [-0.25, -0.2) is 9.97 Å². The first kappa shape index (κ1) is 25.3. The molecular weight excluding hydrogens is 458 g/mol. The zero-order valence-corrected chi connectivity index (χ0v) is 19.6. The number of aliphatic imine (C=N–C) groups is 1. The van der Waals surface area contributed by atoms with Crippen molar-refractivity contribution in [3.05, 3.63) is 46.7 Å². The van der Waals surface area contributed by atoms with Crippen LogP contribution in [0.3, 0.4) is 0 Å². The second-order valence-corrected chi connectivity index (χ2v) is 8.69. The summed E-state index contributed by atoms with van der Waals surface area (Å²) in [5.74, 6) is -1.96. The number of carbonyl (C=O) groups excluding carboxylic acids is 2. The van der Waals surface area contributed by atoms with Crippen molar-refractivity contribution >= 4 is 41.0 Å². The monoisotopic (exact) mass is 487 g/mol. The van der Waals surface area contributed by atoms with Gasteiger partial charge in [0.25, 0.3) is 0 Å². The van der Waals surface area contributed by atoms with Crippen molar-refractivity contribution in [2.45, 2.75) is 25.7 Å².